The van der Waals surface area contributed by atoms with Crippen LogP contribution in [0.3, 0.4) is 0 Å². The molecule has 1 aromatic heterocycles. The van der Waals surface area contributed by atoms with E-state index >= 15 is 0 Å². The quantitative estimate of drug-likeness (QED) is 0.393. The number of aromatic nitrogens is 1. The van der Waals surface area contributed by atoms with Crippen LogP contribution in [-0.4, -0.2) is 17.5 Å². The van der Waals surface area contributed by atoms with E-state index in [1.807, 2.05) is 55.5 Å². The fourth-order valence-corrected chi connectivity index (χ4v) is 2.88. The van der Waals surface area contributed by atoms with Gasteiger partial charge < -0.3 is 10.1 Å². The van der Waals surface area contributed by atoms with Crippen molar-refractivity contribution < 1.29 is 9.53 Å². The van der Waals surface area contributed by atoms with Gasteiger partial charge in [0.15, 0.2) is 0 Å². The van der Waals surface area contributed by atoms with Gasteiger partial charge in [0.25, 0.3) is 5.91 Å². The molecule has 0 bridgehead atoms. The van der Waals surface area contributed by atoms with E-state index < -0.39 is 0 Å². The van der Waals surface area contributed by atoms with Crippen LogP contribution in [-0.2, 0) is 0 Å². The zero-order chi connectivity index (χ0) is 19.8. The molecule has 1 amide bonds. The number of nitrogens with one attached hydrogen (secondary N) is 1. The number of carbonyl (C=O) groups is 1. The van der Waals surface area contributed by atoms with Gasteiger partial charge in [0.1, 0.15) is 5.75 Å². The van der Waals surface area contributed by atoms with E-state index in [1.165, 1.54) is 0 Å². The molecule has 0 fully saturated rings. The van der Waals surface area contributed by atoms with Crippen molar-refractivity contribution in [3.8, 4) is 5.75 Å². The number of nitrogens with zero attached hydrogens (tertiary/aromatic N) is 1. The molecule has 3 aromatic rings. The number of aryl methyl sites for hydroxylation is 1. The van der Waals surface area contributed by atoms with Crippen LogP contribution in [0.1, 0.15) is 42.2 Å². The number of unbranched alkanes of at least 4 members (excludes halogenated alkanes) is 1. The van der Waals surface area contributed by atoms with Crippen molar-refractivity contribution in [2.24, 2.45) is 0 Å². The van der Waals surface area contributed by atoms with Crippen LogP contribution < -0.4 is 10.1 Å². The van der Waals surface area contributed by atoms with Crippen molar-refractivity contribution >= 4 is 22.5 Å². The second kappa shape index (κ2) is 9.70. The lowest BCUT2D eigenvalue weighted by Gasteiger charge is -2.09. The molecule has 1 heterocycles. The standard InChI is InChI=1S/C24H26N2O2/c1-3-4-5-6-7-15-28-22-10-8-9-21(17-22)26-24(27)20-13-14-23-19(16-20)12-11-18(2)25-23/h5-6,8-14,16-17H,3-4,7,15H2,1-2H3,(H,26,27). The van der Waals surface area contributed by atoms with E-state index in [0.717, 1.165) is 41.6 Å². The topological polar surface area (TPSA) is 51.2 Å². The Kier molecular flexibility index (Phi) is 6.79. The number of hydrogen-bond acceptors (Lipinski definition) is 3. The maximum Gasteiger partial charge on any atom is 0.255 e. The molecule has 0 aliphatic heterocycles. The number of rotatable bonds is 8. The van der Waals surface area contributed by atoms with Crippen molar-refractivity contribution in [1.82, 2.24) is 4.98 Å². The van der Waals surface area contributed by atoms with Crippen molar-refractivity contribution in [2.45, 2.75) is 33.1 Å². The van der Waals surface area contributed by atoms with Crippen molar-refractivity contribution in [3.05, 3.63) is 78.0 Å². The first-order valence-corrected chi connectivity index (χ1v) is 9.72. The van der Waals surface area contributed by atoms with Gasteiger partial charge in [-0.2, -0.15) is 0 Å². The second-order valence-corrected chi connectivity index (χ2v) is 6.74. The minimum atomic E-state index is -0.151. The molecular formula is C24H26N2O2. The molecule has 0 unspecified atom stereocenters. The zero-order valence-electron chi connectivity index (χ0n) is 16.4. The Bertz CT molecular complexity index is 979. The monoisotopic (exact) mass is 374 g/mol. The van der Waals surface area contributed by atoms with Gasteiger partial charge in [0.2, 0.25) is 0 Å². The Morgan fingerprint density at radius 2 is 1.93 bits per heavy atom. The van der Waals surface area contributed by atoms with E-state index in [1.54, 1.807) is 6.07 Å². The van der Waals surface area contributed by atoms with Gasteiger partial charge in [-0.1, -0.05) is 37.6 Å². The molecule has 0 spiro atoms. The number of carbonyl (C=O) groups excluding carboxylic acids is 1. The number of ether oxygens (including phenoxy) is 1. The summed E-state index contributed by atoms with van der Waals surface area (Å²) in [5.41, 5.74) is 3.17. The lowest BCUT2D eigenvalue weighted by molar-refractivity contribution is 0.102. The third-order valence-corrected chi connectivity index (χ3v) is 4.36. The number of allylic oxidation sites excluding steroid dienone is 1. The van der Waals surface area contributed by atoms with Gasteiger partial charge >= 0.3 is 0 Å². The molecular weight excluding hydrogens is 348 g/mol. The summed E-state index contributed by atoms with van der Waals surface area (Å²) < 4.78 is 5.77. The molecule has 144 valence electrons. The number of benzene rings is 2. The third-order valence-electron chi connectivity index (χ3n) is 4.36. The molecule has 28 heavy (non-hydrogen) atoms. The fourth-order valence-electron chi connectivity index (χ4n) is 2.88. The predicted octanol–water partition coefficient (Wildman–Crippen LogP) is 5.92. The van der Waals surface area contributed by atoms with Gasteiger partial charge in [0, 0.05) is 28.4 Å². The Hall–Kier alpha value is -3.14. The van der Waals surface area contributed by atoms with E-state index in [9.17, 15) is 4.79 Å². The first-order valence-electron chi connectivity index (χ1n) is 9.72. The summed E-state index contributed by atoms with van der Waals surface area (Å²) in [6, 6.07) is 17.0. The highest BCUT2D eigenvalue weighted by Crippen LogP contribution is 2.20. The molecule has 3 rings (SSSR count). The van der Waals surface area contributed by atoms with Gasteiger partial charge in [-0.25, -0.2) is 0 Å². The lowest BCUT2D eigenvalue weighted by Crippen LogP contribution is -2.12. The minimum absolute atomic E-state index is 0.151. The number of fused-ring (bicyclic) bond motifs is 1. The van der Waals surface area contributed by atoms with E-state index in [4.69, 9.17) is 4.74 Å². The van der Waals surface area contributed by atoms with Crippen LogP contribution in [0, 0.1) is 6.92 Å². The zero-order valence-corrected chi connectivity index (χ0v) is 16.4. The average molecular weight is 374 g/mol. The molecule has 0 aliphatic rings. The lowest BCUT2D eigenvalue weighted by atomic mass is 10.1. The van der Waals surface area contributed by atoms with Gasteiger partial charge in [0.05, 0.1) is 12.1 Å². The Balaban J connectivity index is 1.61. The summed E-state index contributed by atoms with van der Waals surface area (Å²) in [6.45, 7) is 4.74. The summed E-state index contributed by atoms with van der Waals surface area (Å²) in [4.78, 5) is 17.1. The van der Waals surface area contributed by atoms with Crippen LogP contribution in [0.2, 0.25) is 0 Å². The largest absolute Gasteiger partial charge is 0.493 e. The van der Waals surface area contributed by atoms with Gasteiger partial charge in [-0.15, -0.1) is 0 Å². The van der Waals surface area contributed by atoms with Crippen LogP contribution in [0.4, 0.5) is 5.69 Å². The Morgan fingerprint density at radius 3 is 2.79 bits per heavy atom. The van der Waals surface area contributed by atoms with E-state index in [2.05, 4.69) is 29.4 Å². The maximum atomic E-state index is 12.6. The smallest absolute Gasteiger partial charge is 0.255 e. The molecule has 0 radical (unpaired) electrons. The number of amides is 1. The first kappa shape index (κ1) is 19.6. The Morgan fingerprint density at radius 1 is 1.07 bits per heavy atom. The molecule has 4 nitrogen and oxygen atoms in total. The van der Waals surface area contributed by atoms with Crippen molar-refractivity contribution in [1.29, 1.82) is 0 Å². The molecule has 0 aliphatic carbocycles. The van der Waals surface area contributed by atoms with Crippen LogP contribution >= 0.6 is 0 Å². The van der Waals surface area contributed by atoms with Crippen LogP contribution in [0.5, 0.6) is 5.75 Å². The van der Waals surface area contributed by atoms with Gasteiger partial charge in [-0.05, 0) is 56.2 Å². The van der Waals surface area contributed by atoms with Crippen LogP contribution in [0.15, 0.2) is 66.7 Å². The molecule has 0 saturated carbocycles. The summed E-state index contributed by atoms with van der Waals surface area (Å²) in [6.07, 6.45) is 7.46. The van der Waals surface area contributed by atoms with E-state index in [0.29, 0.717) is 17.9 Å². The highest BCUT2D eigenvalue weighted by molar-refractivity contribution is 6.06. The minimum Gasteiger partial charge on any atom is -0.493 e. The second-order valence-electron chi connectivity index (χ2n) is 6.74. The predicted molar refractivity (Wildman–Crippen MR) is 115 cm³/mol. The maximum absolute atomic E-state index is 12.6. The van der Waals surface area contributed by atoms with Crippen LogP contribution in [0.25, 0.3) is 10.9 Å². The third kappa shape index (κ3) is 5.43. The fraction of sp³-hybridized carbons (Fsp3) is 0.250. The highest BCUT2D eigenvalue weighted by atomic mass is 16.5. The Labute approximate surface area is 166 Å². The number of pyridine rings is 1. The number of anilines is 1. The normalized spacial score (nSPS) is 11.1. The van der Waals surface area contributed by atoms with E-state index in [-0.39, 0.29) is 5.91 Å². The molecule has 0 saturated heterocycles. The summed E-state index contributed by atoms with van der Waals surface area (Å²) >= 11 is 0. The average Bonchev–Trinajstić information content (AvgIpc) is 2.70. The summed E-state index contributed by atoms with van der Waals surface area (Å²) in [5, 5.41) is 3.89. The first-order chi connectivity index (χ1) is 13.7. The van der Waals surface area contributed by atoms with Crippen molar-refractivity contribution in [3.63, 3.8) is 0 Å². The highest BCUT2D eigenvalue weighted by Gasteiger charge is 2.08. The molecule has 0 atom stereocenters. The number of hydrogen-bond donors (Lipinski definition) is 1. The van der Waals surface area contributed by atoms with Crippen molar-refractivity contribution in [2.75, 3.05) is 11.9 Å². The van der Waals surface area contributed by atoms with Gasteiger partial charge in [-0.3, -0.25) is 9.78 Å². The molecule has 1 N–H and O–H groups in total. The molecule has 2 aromatic carbocycles. The summed E-state index contributed by atoms with van der Waals surface area (Å²) in [5.74, 6) is 0.599. The molecule has 4 heteroatoms. The SMILES string of the molecule is CCCC=CCCOc1cccc(NC(=O)c2ccc3nc(C)ccc3c2)c1. The summed E-state index contributed by atoms with van der Waals surface area (Å²) in [7, 11) is 0.